The number of ether oxygens (including phenoxy) is 5. The van der Waals surface area contributed by atoms with Crippen molar-refractivity contribution in [2.24, 2.45) is 0 Å². The van der Waals surface area contributed by atoms with Gasteiger partial charge in [0.2, 0.25) is 0 Å². The van der Waals surface area contributed by atoms with E-state index >= 15 is 0 Å². The summed E-state index contributed by atoms with van der Waals surface area (Å²) >= 11 is 0. The number of anilines is 1. The van der Waals surface area contributed by atoms with E-state index in [0.717, 1.165) is 33.9 Å². The molecule has 3 aromatic rings. The summed E-state index contributed by atoms with van der Waals surface area (Å²) < 4.78 is 31.6. The Kier molecular flexibility index (Phi) is 6.07. The summed E-state index contributed by atoms with van der Waals surface area (Å²) in [5.41, 5.74) is 1.76. The van der Waals surface area contributed by atoms with Crippen LogP contribution in [0.5, 0.6) is 11.5 Å². The second kappa shape index (κ2) is 9.03. The van der Waals surface area contributed by atoms with Crippen LogP contribution in [0.25, 0.3) is 11.0 Å². The lowest BCUT2D eigenvalue weighted by Gasteiger charge is -2.25. The van der Waals surface area contributed by atoms with E-state index in [0.29, 0.717) is 13.1 Å². The predicted molar refractivity (Wildman–Crippen MR) is 126 cm³/mol. The number of hydrogen-bond donors (Lipinski definition) is 2. The number of hydrogen-bond acceptors (Lipinski definition) is 9. The van der Waals surface area contributed by atoms with E-state index in [1.807, 2.05) is 55.9 Å². The third-order valence-corrected chi connectivity index (χ3v) is 6.25. The maximum Gasteiger partial charge on any atom is 0.164 e. The molecule has 2 aliphatic heterocycles. The lowest BCUT2D eigenvalue weighted by atomic mass is 10.1. The molecule has 182 valence electrons. The summed E-state index contributed by atoms with van der Waals surface area (Å²) in [7, 11) is 5.18. The van der Waals surface area contributed by atoms with Gasteiger partial charge >= 0.3 is 0 Å². The van der Waals surface area contributed by atoms with Crippen LogP contribution in [0, 0.1) is 0 Å². The second-order valence-corrected chi connectivity index (χ2v) is 8.90. The van der Waals surface area contributed by atoms with Crippen molar-refractivity contribution in [1.82, 2.24) is 19.9 Å². The zero-order valence-corrected chi connectivity index (χ0v) is 20.1. The van der Waals surface area contributed by atoms with E-state index < -0.39 is 5.79 Å². The molecule has 2 aromatic heterocycles. The van der Waals surface area contributed by atoms with Crippen molar-refractivity contribution >= 4 is 16.9 Å². The zero-order valence-electron chi connectivity index (χ0n) is 20.1. The Morgan fingerprint density at radius 1 is 1.09 bits per heavy atom. The topological polar surface area (TPSA) is 101 Å². The smallest absolute Gasteiger partial charge is 0.164 e. The SMILES string of the molecule is CNC[C@H]1O[C@@H](n2ccc3c(NCc4ccc(OC)cc4OC)ncnc32)[C@@H]2OC(C)(C)O[C@@H]21. The highest BCUT2D eigenvalue weighted by Gasteiger charge is 2.55. The Bertz CT molecular complexity index is 1170. The lowest BCUT2D eigenvalue weighted by Crippen LogP contribution is -2.36. The van der Waals surface area contributed by atoms with E-state index in [1.54, 1.807) is 20.5 Å². The highest BCUT2D eigenvalue weighted by Crippen LogP contribution is 2.44. The van der Waals surface area contributed by atoms with Gasteiger partial charge < -0.3 is 38.9 Å². The van der Waals surface area contributed by atoms with Crippen LogP contribution < -0.4 is 20.1 Å². The molecule has 1 aromatic carbocycles. The van der Waals surface area contributed by atoms with E-state index in [1.165, 1.54) is 0 Å². The van der Waals surface area contributed by atoms with Gasteiger partial charge in [-0.1, -0.05) is 0 Å². The van der Waals surface area contributed by atoms with Crippen molar-refractivity contribution in [3.8, 4) is 11.5 Å². The fraction of sp³-hybridized carbons (Fsp3) is 0.500. The fourth-order valence-electron chi connectivity index (χ4n) is 4.74. The van der Waals surface area contributed by atoms with E-state index in [4.69, 9.17) is 23.7 Å². The van der Waals surface area contributed by atoms with Crippen molar-refractivity contribution in [2.45, 2.75) is 50.7 Å². The van der Waals surface area contributed by atoms with Crippen LogP contribution in [-0.2, 0) is 20.8 Å². The zero-order chi connectivity index (χ0) is 23.9. The minimum absolute atomic E-state index is 0.124. The molecule has 0 spiro atoms. The van der Waals surface area contributed by atoms with Crippen molar-refractivity contribution in [2.75, 3.05) is 33.1 Å². The molecule has 2 fully saturated rings. The van der Waals surface area contributed by atoms with Crippen LogP contribution in [0.3, 0.4) is 0 Å². The number of aromatic nitrogens is 3. The molecule has 4 heterocycles. The molecule has 2 saturated heterocycles. The van der Waals surface area contributed by atoms with Gasteiger partial charge in [0.15, 0.2) is 12.0 Å². The summed E-state index contributed by atoms with van der Waals surface area (Å²) in [5, 5.41) is 7.50. The number of fused-ring (bicyclic) bond motifs is 2. The van der Waals surface area contributed by atoms with Gasteiger partial charge in [-0.25, -0.2) is 9.97 Å². The Balaban J connectivity index is 1.41. The Morgan fingerprint density at radius 3 is 2.68 bits per heavy atom. The largest absolute Gasteiger partial charge is 0.497 e. The molecule has 2 N–H and O–H groups in total. The predicted octanol–water partition coefficient (Wildman–Crippen LogP) is 2.70. The highest BCUT2D eigenvalue weighted by molar-refractivity contribution is 5.87. The van der Waals surface area contributed by atoms with Gasteiger partial charge in [-0.2, -0.15) is 0 Å². The van der Waals surface area contributed by atoms with Gasteiger partial charge in [-0.3, -0.25) is 0 Å². The molecule has 0 bridgehead atoms. The van der Waals surface area contributed by atoms with Gasteiger partial charge in [0.05, 0.1) is 19.6 Å². The average Bonchev–Trinajstić information content (AvgIpc) is 3.49. The Hall–Kier alpha value is -2.92. The van der Waals surface area contributed by atoms with Gasteiger partial charge in [0, 0.05) is 30.9 Å². The molecule has 10 heteroatoms. The first-order valence-electron chi connectivity index (χ1n) is 11.4. The van der Waals surface area contributed by atoms with Crippen molar-refractivity contribution in [3.05, 3.63) is 42.4 Å². The number of nitrogens with zero attached hydrogens (tertiary/aromatic N) is 3. The number of likely N-dealkylation sites (N-methyl/N-ethyl adjacent to an activating group) is 1. The first-order valence-corrected chi connectivity index (χ1v) is 11.4. The minimum atomic E-state index is -0.661. The van der Waals surface area contributed by atoms with Gasteiger partial charge in [0.1, 0.15) is 47.6 Å². The number of methoxy groups -OCH3 is 2. The molecule has 0 aliphatic carbocycles. The minimum Gasteiger partial charge on any atom is -0.497 e. The normalized spacial score (nSPS) is 25.4. The molecule has 0 unspecified atom stereocenters. The van der Waals surface area contributed by atoms with Crippen LogP contribution in [0.2, 0.25) is 0 Å². The molecule has 0 amide bonds. The molecule has 5 rings (SSSR count). The van der Waals surface area contributed by atoms with Crippen LogP contribution in [0.4, 0.5) is 5.82 Å². The summed E-state index contributed by atoms with van der Waals surface area (Å²) in [4.78, 5) is 9.04. The molecule has 0 radical (unpaired) electrons. The third-order valence-electron chi connectivity index (χ3n) is 6.25. The third kappa shape index (κ3) is 4.07. The summed E-state index contributed by atoms with van der Waals surface area (Å²) in [6.07, 6.45) is 2.65. The summed E-state index contributed by atoms with van der Waals surface area (Å²) in [6, 6.07) is 7.74. The number of nitrogens with one attached hydrogen (secondary N) is 2. The van der Waals surface area contributed by atoms with E-state index in [9.17, 15) is 0 Å². The van der Waals surface area contributed by atoms with Crippen molar-refractivity contribution in [3.63, 3.8) is 0 Å². The van der Waals surface area contributed by atoms with Gasteiger partial charge in [0.25, 0.3) is 0 Å². The molecular weight excluding hydrogens is 438 g/mol. The summed E-state index contributed by atoms with van der Waals surface area (Å²) in [6.45, 7) is 5.07. The number of rotatable bonds is 8. The van der Waals surface area contributed by atoms with Crippen LogP contribution in [-0.4, -0.2) is 66.4 Å². The van der Waals surface area contributed by atoms with Crippen molar-refractivity contribution < 1.29 is 23.7 Å². The summed E-state index contributed by atoms with van der Waals surface area (Å²) in [5.74, 6) is 1.56. The van der Waals surface area contributed by atoms with E-state index in [2.05, 4.69) is 20.6 Å². The molecule has 2 aliphatic rings. The first-order chi connectivity index (χ1) is 16.4. The molecule has 4 atom stereocenters. The van der Waals surface area contributed by atoms with Gasteiger partial charge in [-0.05, 0) is 39.1 Å². The quantitative estimate of drug-likeness (QED) is 0.516. The van der Waals surface area contributed by atoms with Crippen molar-refractivity contribution in [1.29, 1.82) is 0 Å². The van der Waals surface area contributed by atoms with Crippen LogP contribution in [0.15, 0.2) is 36.8 Å². The first kappa shape index (κ1) is 22.9. The standard InChI is InChI=1S/C24H31N5O5/c1-24(2)33-19-18(12-25-3)32-23(20(19)34-24)29-9-8-16-21(27-13-28-22(16)29)26-11-14-6-7-15(30-4)10-17(14)31-5/h6-10,13,18-20,23,25H,11-12H2,1-5H3,(H,26,27,28)/t18-,19-,20-,23-/m1/s1. The van der Waals surface area contributed by atoms with E-state index in [-0.39, 0.29) is 24.5 Å². The molecule has 34 heavy (non-hydrogen) atoms. The number of benzene rings is 1. The van der Waals surface area contributed by atoms with Gasteiger partial charge in [-0.15, -0.1) is 0 Å². The molecule has 10 nitrogen and oxygen atoms in total. The maximum absolute atomic E-state index is 6.38. The molecule has 0 saturated carbocycles. The highest BCUT2D eigenvalue weighted by atomic mass is 16.8. The van der Waals surface area contributed by atoms with Crippen LogP contribution >= 0.6 is 0 Å². The lowest BCUT2D eigenvalue weighted by molar-refractivity contribution is -0.195. The average molecular weight is 470 g/mol. The Labute approximate surface area is 198 Å². The molecular formula is C24H31N5O5. The Morgan fingerprint density at radius 2 is 1.91 bits per heavy atom. The fourth-order valence-corrected chi connectivity index (χ4v) is 4.74. The van der Waals surface area contributed by atoms with Crippen LogP contribution in [0.1, 0.15) is 25.6 Å². The monoisotopic (exact) mass is 469 g/mol. The maximum atomic E-state index is 6.38. The second-order valence-electron chi connectivity index (χ2n) is 8.90.